The number of benzene rings is 1. The second kappa shape index (κ2) is 4.72. The third-order valence-corrected chi connectivity index (χ3v) is 4.19. The van der Waals surface area contributed by atoms with Crippen LogP contribution >= 0.6 is 22.6 Å². The number of hydrogen-bond acceptors (Lipinski definition) is 2. The zero-order valence-corrected chi connectivity index (χ0v) is 12.4. The Kier molecular flexibility index (Phi) is 3.21. The number of carbonyl (C=O) groups excluding carboxylic acids is 1. The van der Waals surface area contributed by atoms with Gasteiger partial charge in [-0.25, -0.2) is 0 Å². The molecule has 0 aromatic heterocycles. The molecule has 0 heterocycles. The molecule has 2 aliphatic carbocycles. The Balaban J connectivity index is 1.81. The van der Waals surface area contributed by atoms with E-state index < -0.39 is 0 Å². The molecule has 1 aromatic carbocycles. The van der Waals surface area contributed by atoms with Crippen LogP contribution in [0.1, 0.15) is 36.0 Å². The highest BCUT2D eigenvalue weighted by atomic mass is 127. The minimum Gasteiger partial charge on any atom is -0.399 e. The predicted molar refractivity (Wildman–Crippen MR) is 80.4 cm³/mol. The molecule has 0 saturated heterocycles. The Morgan fingerprint density at radius 2 is 2.00 bits per heavy atom. The Morgan fingerprint density at radius 1 is 1.28 bits per heavy atom. The molecule has 3 nitrogen and oxygen atoms in total. The molecule has 2 N–H and O–H groups in total. The second-order valence-electron chi connectivity index (χ2n) is 5.41. The molecule has 0 atom stereocenters. The minimum atomic E-state index is 0.162. The van der Waals surface area contributed by atoms with Gasteiger partial charge in [-0.3, -0.25) is 4.79 Å². The van der Waals surface area contributed by atoms with Gasteiger partial charge in [0.15, 0.2) is 0 Å². The molecule has 0 aliphatic heterocycles. The maximum absolute atomic E-state index is 12.6. The normalized spacial score (nSPS) is 18.7. The molecule has 4 heteroatoms. The van der Waals surface area contributed by atoms with Crippen molar-refractivity contribution in [3.63, 3.8) is 0 Å². The first-order chi connectivity index (χ1) is 8.63. The van der Waals surface area contributed by atoms with Gasteiger partial charge >= 0.3 is 0 Å². The molecule has 2 aliphatic rings. The third-order valence-electron chi connectivity index (χ3n) is 3.57. The van der Waals surface area contributed by atoms with E-state index >= 15 is 0 Å². The van der Waals surface area contributed by atoms with Crippen LogP contribution in [0.5, 0.6) is 0 Å². The van der Waals surface area contributed by atoms with E-state index in [1.54, 1.807) is 6.07 Å². The van der Waals surface area contributed by atoms with Crippen molar-refractivity contribution in [1.82, 2.24) is 4.90 Å². The van der Waals surface area contributed by atoms with Gasteiger partial charge in [0, 0.05) is 27.4 Å². The van der Waals surface area contributed by atoms with E-state index in [4.69, 9.17) is 5.73 Å². The summed E-state index contributed by atoms with van der Waals surface area (Å²) in [6, 6.07) is 6.10. The summed E-state index contributed by atoms with van der Waals surface area (Å²) < 4.78 is 1.03. The molecule has 0 spiro atoms. The van der Waals surface area contributed by atoms with Gasteiger partial charge in [0.25, 0.3) is 5.91 Å². The highest BCUT2D eigenvalue weighted by Gasteiger charge is 2.36. The van der Waals surface area contributed by atoms with Crippen molar-refractivity contribution in [2.75, 3.05) is 12.3 Å². The maximum Gasteiger partial charge on any atom is 0.254 e. The van der Waals surface area contributed by atoms with Crippen LogP contribution in [0.2, 0.25) is 0 Å². The van der Waals surface area contributed by atoms with Crippen LogP contribution in [0.15, 0.2) is 18.2 Å². The quantitative estimate of drug-likeness (QED) is 0.666. The lowest BCUT2D eigenvalue weighted by Crippen LogP contribution is -2.35. The van der Waals surface area contributed by atoms with Crippen LogP contribution < -0.4 is 5.73 Å². The summed E-state index contributed by atoms with van der Waals surface area (Å²) in [5.74, 6) is 0.907. The second-order valence-corrected chi connectivity index (χ2v) is 6.65. The lowest BCUT2D eigenvalue weighted by molar-refractivity contribution is 0.0735. The molecule has 1 amide bonds. The average molecular weight is 356 g/mol. The third kappa shape index (κ3) is 2.79. The Bertz CT molecular complexity index is 460. The van der Waals surface area contributed by atoms with Gasteiger partial charge in [-0.05, 0) is 72.4 Å². The van der Waals surface area contributed by atoms with Crippen LogP contribution in [-0.2, 0) is 0 Å². The smallest absolute Gasteiger partial charge is 0.254 e. The van der Waals surface area contributed by atoms with Crippen LogP contribution in [0.25, 0.3) is 0 Å². The van der Waals surface area contributed by atoms with Gasteiger partial charge in [0.05, 0.1) is 0 Å². The summed E-state index contributed by atoms with van der Waals surface area (Å²) in [6.07, 6.45) is 4.89. The molecule has 2 fully saturated rings. The van der Waals surface area contributed by atoms with Crippen molar-refractivity contribution < 1.29 is 4.79 Å². The number of anilines is 1. The Morgan fingerprint density at radius 3 is 2.56 bits per heavy atom. The van der Waals surface area contributed by atoms with Crippen molar-refractivity contribution in [3.8, 4) is 0 Å². The molecule has 96 valence electrons. The number of hydrogen-bond donors (Lipinski definition) is 1. The monoisotopic (exact) mass is 356 g/mol. The van der Waals surface area contributed by atoms with Gasteiger partial charge in [-0.2, -0.15) is 0 Å². The van der Waals surface area contributed by atoms with Crippen molar-refractivity contribution >= 4 is 34.2 Å². The van der Waals surface area contributed by atoms with Gasteiger partial charge in [0.2, 0.25) is 0 Å². The fourth-order valence-electron chi connectivity index (χ4n) is 2.26. The van der Waals surface area contributed by atoms with E-state index in [2.05, 4.69) is 27.5 Å². The Labute approximate surface area is 121 Å². The molecule has 0 radical (unpaired) electrons. The number of rotatable bonds is 4. The number of amides is 1. The largest absolute Gasteiger partial charge is 0.399 e. The Hall–Kier alpha value is -0.780. The van der Waals surface area contributed by atoms with Crippen molar-refractivity contribution in [2.45, 2.75) is 31.7 Å². The number of carbonyl (C=O) groups is 1. The highest BCUT2D eigenvalue weighted by molar-refractivity contribution is 14.1. The number of halogens is 1. The highest BCUT2D eigenvalue weighted by Crippen LogP contribution is 2.35. The lowest BCUT2D eigenvalue weighted by atomic mass is 10.1. The van der Waals surface area contributed by atoms with E-state index in [1.165, 1.54) is 12.8 Å². The van der Waals surface area contributed by atoms with Gasteiger partial charge in [-0.15, -0.1) is 0 Å². The maximum atomic E-state index is 12.6. The van der Waals surface area contributed by atoms with Crippen LogP contribution in [0, 0.1) is 9.49 Å². The zero-order valence-electron chi connectivity index (χ0n) is 10.2. The summed E-state index contributed by atoms with van der Waals surface area (Å²) in [6.45, 7) is 0.939. The van der Waals surface area contributed by atoms with Gasteiger partial charge in [0.1, 0.15) is 0 Å². The molecular formula is C14H17IN2O. The lowest BCUT2D eigenvalue weighted by Gasteiger charge is -2.22. The first-order valence-corrected chi connectivity index (χ1v) is 7.58. The fourth-order valence-corrected chi connectivity index (χ4v) is 2.96. The average Bonchev–Trinajstić information content (AvgIpc) is 3.15. The van der Waals surface area contributed by atoms with Crippen LogP contribution in [0.3, 0.4) is 0 Å². The molecule has 18 heavy (non-hydrogen) atoms. The molecule has 0 unspecified atom stereocenters. The number of nitrogens with zero attached hydrogens (tertiary/aromatic N) is 1. The first kappa shape index (κ1) is 12.3. The standard InChI is InChI=1S/C14H17IN2O/c15-11-5-10(6-12(16)7-11)14(18)17(13-3-4-13)8-9-1-2-9/h5-7,9,13H,1-4,8,16H2. The summed E-state index contributed by atoms with van der Waals surface area (Å²) in [4.78, 5) is 14.6. The van der Waals surface area contributed by atoms with E-state index in [1.807, 2.05) is 12.1 Å². The molecule has 0 bridgehead atoms. The molecule has 3 rings (SSSR count). The van der Waals surface area contributed by atoms with Crippen molar-refractivity contribution in [3.05, 3.63) is 27.3 Å². The van der Waals surface area contributed by atoms with Crippen molar-refractivity contribution in [1.29, 1.82) is 0 Å². The molecular weight excluding hydrogens is 339 g/mol. The fraction of sp³-hybridized carbons (Fsp3) is 0.500. The minimum absolute atomic E-state index is 0.162. The summed E-state index contributed by atoms with van der Waals surface area (Å²) in [5.41, 5.74) is 7.24. The first-order valence-electron chi connectivity index (χ1n) is 6.50. The number of nitrogens with two attached hydrogens (primary N) is 1. The van der Waals surface area contributed by atoms with Gasteiger partial charge in [-0.1, -0.05) is 0 Å². The van der Waals surface area contributed by atoms with Crippen molar-refractivity contribution in [2.24, 2.45) is 5.92 Å². The number of nitrogen functional groups attached to an aromatic ring is 1. The summed E-state index contributed by atoms with van der Waals surface area (Å²) in [7, 11) is 0. The summed E-state index contributed by atoms with van der Waals surface area (Å²) in [5, 5.41) is 0. The topological polar surface area (TPSA) is 46.3 Å². The predicted octanol–water partition coefficient (Wildman–Crippen LogP) is 2.89. The zero-order chi connectivity index (χ0) is 12.7. The van der Waals surface area contributed by atoms with Crippen LogP contribution in [-0.4, -0.2) is 23.4 Å². The molecule has 1 aromatic rings. The van der Waals surface area contributed by atoms with E-state index in [-0.39, 0.29) is 5.91 Å². The SMILES string of the molecule is Nc1cc(I)cc(C(=O)N(CC2CC2)C2CC2)c1. The van der Waals surface area contributed by atoms with Gasteiger partial charge < -0.3 is 10.6 Å². The van der Waals surface area contributed by atoms with Crippen LogP contribution in [0.4, 0.5) is 5.69 Å². The van der Waals surface area contributed by atoms with E-state index in [0.29, 0.717) is 11.7 Å². The van der Waals surface area contributed by atoms with E-state index in [0.717, 1.165) is 34.4 Å². The summed E-state index contributed by atoms with van der Waals surface area (Å²) >= 11 is 2.21. The molecule has 2 saturated carbocycles. The van der Waals surface area contributed by atoms with E-state index in [9.17, 15) is 4.79 Å².